The minimum absolute atomic E-state index is 0.608. The van der Waals surface area contributed by atoms with Gasteiger partial charge in [-0.05, 0) is 25.1 Å². The molecule has 15 heavy (non-hydrogen) atoms. The number of nitrogen functional groups attached to an aromatic ring is 1. The Hall–Kier alpha value is -1.88. The molecule has 3 N–H and O–H groups in total. The maximum Gasteiger partial charge on any atom is 0.151 e. The van der Waals surface area contributed by atoms with Crippen molar-refractivity contribution in [3.05, 3.63) is 24.0 Å². The summed E-state index contributed by atoms with van der Waals surface area (Å²) in [5.74, 6) is 7.44. The van der Waals surface area contributed by atoms with Crippen molar-refractivity contribution in [2.45, 2.75) is 6.92 Å². The van der Waals surface area contributed by atoms with Crippen LogP contribution in [-0.2, 0) is 0 Å². The molecule has 78 valence electrons. The third-order valence-corrected chi connectivity index (χ3v) is 2.15. The Morgan fingerprint density at radius 2 is 2.13 bits per heavy atom. The second-order valence-corrected chi connectivity index (χ2v) is 3.15. The van der Waals surface area contributed by atoms with E-state index in [0.717, 1.165) is 16.7 Å². The summed E-state index contributed by atoms with van der Waals surface area (Å²) in [4.78, 5) is 8.49. The summed E-state index contributed by atoms with van der Waals surface area (Å²) < 4.78 is 5.13. The summed E-state index contributed by atoms with van der Waals surface area (Å²) in [5, 5.41) is 0.849. The first kappa shape index (κ1) is 9.67. The fourth-order valence-electron chi connectivity index (χ4n) is 1.46. The minimum Gasteiger partial charge on any atom is -0.497 e. The molecular formula is C10H12N4O. The number of nitrogens with zero attached hydrogens (tertiary/aromatic N) is 2. The predicted molar refractivity (Wildman–Crippen MR) is 58.6 cm³/mol. The lowest BCUT2D eigenvalue weighted by molar-refractivity contribution is 0.415. The summed E-state index contributed by atoms with van der Waals surface area (Å²) in [7, 11) is 1.62. The highest BCUT2D eigenvalue weighted by atomic mass is 16.5. The van der Waals surface area contributed by atoms with Crippen molar-refractivity contribution in [1.82, 2.24) is 9.97 Å². The zero-order chi connectivity index (χ0) is 10.8. The average Bonchev–Trinajstić information content (AvgIpc) is 2.27. The second kappa shape index (κ2) is 3.70. The lowest BCUT2D eigenvalue weighted by Gasteiger charge is -2.07. The van der Waals surface area contributed by atoms with E-state index in [1.54, 1.807) is 7.11 Å². The van der Waals surface area contributed by atoms with Crippen LogP contribution in [0.15, 0.2) is 18.2 Å². The molecule has 1 heterocycles. The molecule has 0 aliphatic heterocycles. The molecule has 0 amide bonds. The van der Waals surface area contributed by atoms with Crippen molar-refractivity contribution < 1.29 is 4.74 Å². The Balaban J connectivity index is 2.73. The van der Waals surface area contributed by atoms with Gasteiger partial charge in [-0.2, -0.15) is 0 Å². The number of nitrogens with one attached hydrogen (secondary N) is 1. The lowest BCUT2D eigenvalue weighted by Crippen LogP contribution is -2.10. The normalized spacial score (nSPS) is 10.3. The molecule has 0 fully saturated rings. The number of hydrazine groups is 1. The summed E-state index contributed by atoms with van der Waals surface area (Å²) >= 11 is 0. The number of fused-ring (bicyclic) bond motifs is 1. The number of ether oxygens (including phenoxy) is 1. The molecule has 0 aliphatic carbocycles. The highest BCUT2D eigenvalue weighted by Crippen LogP contribution is 2.24. The van der Waals surface area contributed by atoms with Gasteiger partial charge in [-0.3, -0.25) is 0 Å². The van der Waals surface area contributed by atoms with Gasteiger partial charge < -0.3 is 10.2 Å². The first-order chi connectivity index (χ1) is 7.24. The third kappa shape index (κ3) is 1.69. The third-order valence-electron chi connectivity index (χ3n) is 2.15. The van der Waals surface area contributed by atoms with Gasteiger partial charge in [0.1, 0.15) is 11.6 Å². The maximum absolute atomic E-state index is 5.40. The Kier molecular flexibility index (Phi) is 2.39. The number of benzene rings is 1. The summed E-state index contributed by atoms with van der Waals surface area (Å²) in [5.41, 5.74) is 3.40. The van der Waals surface area contributed by atoms with Crippen LogP contribution in [-0.4, -0.2) is 17.1 Å². The van der Waals surface area contributed by atoms with Crippen molar-refractivity contribution in [3.63, 3.8) is 0 Å². The van der Waals surface area contributed by atoms with Crippen molar-refractivity contribution in [1.29, 1.82) is 0 Å². The van der Waals surface area contributed by atoms with Gasteiger partial charge in [0.25, 0.3) is 0 Å². The highest BCUT2D eigenvalue weighted by Gasteiger charge is 2.05. The Labute approximate surface area is 87.3 Å². The molecule has 2 aromatic rings. The van der Waals surface area contributed by atoms with E-state index < -0.39 is 0 Å². The quantitative estimate of drug-likeness (QED) is 0.568. The van der Waals surface area contributed by atoms with Crippen LogP contribution in [0.2, 0.25) is 0 Å². The van der Waals surface area contributed by atoms with Gasteiger partial charge in [-0.15, -0.1) is 0 Å². The van der Waals surface area contributed by atoms with E-state index in [-0.39, 0.29) is 0 Å². The van der Waals surface area contributed by atoms with E-state index in [9.17, 15) is 0 Å². The van der Waals surface area contributed by atoms with Crippen LogP contribution in [0.3, 0.4) is 0 Å². The van der Waals surface area contributed by atoms with Crippen LogP contribution in [0.5, 0.6) is 5.75 Å². The van der Waals surface area contributed by atoms with Crippen LogP contribution in [0, 0.1) is 6.92 Å². The molecule has 0 aliphatic rings. The number of hydrogen-bond acceptors (Lipinski definition) is 5. The molecule has 0 saturated carbocycles. The molecule has 0 radical (unpaired) electrons. The molecule has 2 rings (SSSR count). The molecule has 5 nitrogen and oxygen atoms in total. The van der Waals surface area contributed by atoms with E-state index >= 15 is 0 Å². The van der Waals surface area contributed by atoms with Crippen molar-refractivity contribution >= 4 is 16.7 Å². The van der Waals surface area contributed by atoms with Gasteiger partial charge in [0.05, 0.1) is 12.6 Å². The Bertz CT molecular complexity index is 498. The first-order valence-corrected chi connectivity index (χ1v) is 4.53. The standard InChI is InChI=1S/C10H12N4O/c1-6-12-9-4-3-7(15-2)5-8(9)10(13-6)14-11/h3-5H,11H2,1-2H3,(H,12,13,14). The molecule has 5 heteroatoms. The second-order valence-electron chi connectivity index (χ2n) is 3.15. The zero-order valence-corrected chi connectivity index (χ0v) is 8.61. The average molecular weight is 204 g/mol. The fraction of sp³-hybridized carbons (Fsp3) is 0.200. The highest BCUT2D eigenvalue weighted by molar-refractivity contribution is 5.90. The Morgan fingerprint density at radius 3 is 2.80 bits per heavy atom. The van der Waals surface area contributed by atoms with Gasteiger partial charge in [0, 0.05) is 5.39 Å². The summed E-state index contributed by atoms with van der Waals surface area (Å²) in [6.07, 6.45) is 0. The predicted octanol–water partition coefficient (Wildman–Crippen LogP) is 1.23. The Morgan fingerprint density at radius 1 is 1.33 bits per heavy atom. The fourth-order valence-corrected chi connectivity index (χ4v) is 1.46. The zero-order valence-electron chi connectivity index (χ0n) is 8.61. The number of aryl methyl sites for hydroxylation is 1. The van der Waals surface area contributed by atoms with E-state index in [1.165, 1.54) is 0 Å². The monoisotopic (exact) mass is 204 g/mol. The number of hydrogen-bond donors (Lipinski definition) is 2. The molecule has 0 unspecified atom stereocenters. The SMILES string of the molecule is COc1ccc2nc(C)nc(NN)c2c1. The smallest absolute Gasteiger partial charge is 0.151 e. The minimum atomic E-state index is 0.608. The molecule has 0 saturated heterocycles. The molecule has 0 spiro atoms. The van der Waals surface area contributed by atoms with Crippen LogP contribution in [0.1, 0.15) is 5.82 Å². The van der Waals surface area contributed by atoms with Crippen molar-refractivity contribution in [2.75, 3.05) is 12.5 Å². The van der Waals surface area contributed by atoms with Gasteiger partial charge in [-0.1, -0.05) is 0 Å². The summed E-state index contributed by atoms with van der Waals surface area (Å²) in [6.45, 7) is 1.82. The summed E-state index contributed by atoms with van der Waals surface area (Å²) in [6, 6.07) is 5.59. The largest absolute Gasteiger partial charge is 0.497 e. The van der Waals surface area contributed by atoms with Gasteiger partial charge in [0.15, 0.2) is 5.82 Å². The van der Waals surface area contributed by atoms with E-state index in [4.69, 9.17) is 10.6 Å². The maximum atomic E-state index is 5.40. The molecular weight excluding hydrogens is 192 g/mol. The van der Waals surface area contributed by atoms with Gasteiger partial charge in [-0.25, -0.2) is 15.8 Å². The van der Waals surface area contributed by atoms with Crippen LogP contribution < -0.4 is 16.0 Å². The molecule has 1 aromatic heterocycles. The van der Waals surface area contributed by atoms with Crippen LogP contribution in [0.25, 0.3) is 10.9 Å². The molecule has 1 aromatic carbocycles. The first-order valence-electron chi connectivity index (χ1n) is 4.53. The van der Waals surface area contributed by atoms with Crippen molar-refractivity contribution in [2.24, 2.45) is 5.84 Å². The van der Waals surface area contributed by atoms with Crippen molar-refractivity contribution in [3.8, 4) is 5.75 Å². The van der Waals surface area contributed by atoms with Crippen LogP contribution >= 0.6 is 0 Å². The van der Waals surface area contributed by atoms with E-state index in [1.807, 2.05) is 25.1 Å². The molecule has 0 bridgehead atoms. The number of rotatable bonds is 2. The number of nitrogens with two attached hydrogens (primary N) is 1. The van der Waals surface area contributed by atoms with Crippen LogP contribution in [0.4, 0.5) is 5.82 Å². The number of aromatic nitrogens is 2. The van der Waals surface area contributed by atoms with E-state index in [2.05, 4.69) is 15.4 Å². The topological polar surface area (TPSA) is 73.1 Å². The number of anilines is 1. The van der Waals surface area contributed by atoms with Gasteiger partial charge >= 0.3 is 0 Å². The number of methoxy groups -OCH3 is 1. The van der Waals surface area contributed by atoms with Gasteiger partial charge in [0.2, 0.25) is 0 Å². The lowest BCUT2D eigenvalue weighted by atomic mass is 10.2. The molecule has 0 atom stereocenters. The van der Waals surface area contributed by atoms with E-state index in [0.29, 0.717) is 11.6 Å².